The minimum Gasteiger partial charge on any atom is -0.384 e. The van der Waals surface area contributed by atoms with Crippen molar-refractivity contribution in [1.82, 2.24) is 29.7 Å². The number of benzene rings is 4. The summed E-state index contributed by atoms with van der Waals surface area (Å²) < 4.78 is 0. The summed E-state index contributed by atoms with van der Waals surface area (Å²) in [7, 11) is 0. The van der Waals surface area contributed by atoms with Gasteiger partial charge in [-0.3, -0.25) is 25.2 Å². The van der Waals surface area contributed by atoms with Crippen LogP contribution < -0.4 is 16.8 Å². The molecule has 2 atom stereocenters. The molecule has 9 N–H and O–H groups in total. The van der Waals surface area contributed by atoms with E-state index in [4.69, 9.17) is 22.3 Å². The SMILES string of the molecule is N=C(N)c1ccc2nc(-c3ccc(NC(=O)[C@H]4CCCN4C(=O)[C@H]4CCCN4C(=O)c4ccc(-c5nc6ccc(C(=N)N)cc6[nH]5)cc4)cc3)[nH]c2c1. The molecule has 2 aliphatic heterocycles. The Labute approximate surface area is 303 Å². The molecule has 2 fully saturated rings. The normalized spacial score (nSPS) is 17.1. The predicted molar refractivity (Wildman–Crippen MR) is 203 cm³/mol. The third kappa shape index (κ3) is 6.35. The van der Waals surface area contributed by atoms with Crippen molar-refractivity contribution in [3.8, 4) is 22.8 Å². The Morgan fingerprint density at radius 1 is 0.660 bits per heavy atom. The first-order valence-corrected chi connectivity index (χ1v) is 17.4. The summed E-state index contributed by atoms with van der Waals surface area (Å²) in [5, 5.41) is 18.3. The lowest BCUT2D eigenvalue weighted by Crippen LogP contribution is -2.51. The van der Waals surface area contributed by atoms with Crippen LogP contribution in [0.15, 0.2) is 84.9 Å². The van der Waals surface area contributed by atoms with Gasteiger partial charge in [0.25, 0.3) is 5.91 Å². The number of rotatable bonds is 8. The third-order valence-corrected chi connectivity index (χ3v) is 10.1. The number of hydrogen-bond acceptors (Lipinski definition) is 7. The van der Waals surface area contributed by atoms with E-state index in [0.717, 1.165) is 33.2 Å². The van der Waals surface area contributed by atoms with Gasteiger partial charge >= 0.3 is 0 Å². The Morgan fingerprint density at radius 2 is 1.15 bits per heavy atom. The number of nitrogen functional groups attached to an aromatic ring is 2. The van der Waals surface area contributed by atoms with Crippen molar-refractivity contribution >= 4 is 57.1 Å². The minimum absolute atomic E-state index is 0.0187. The lowest BCUT2D eigenvalue weighted by atomic mass is 10.1. The number of nitrogens with two attached hydrogens (primary N) is 2. The highest BCUT2D eigenvalue weighted by atomic mass is 16.2. The third-order valence-electron chi connectivity index (χ3n) is 10.1. The molecule has 266 valence electrons. The number of fused-ring (bicyclic) bond motifs is 2. The fourth-order valence-corrected chi connectivity index (χ4v) is 7.26. The molecule has 2 aromatic heterocycles. The number of anilines is 1. The molecule has 0 spiro atoms. The Kier molecular flexibility index (Phi) is 8.41. The Bertz CT molecular complexity index is 2430. The second-order valence-corrected chi connectivity index (χ2v) is 13.5. The van der Waals surface area contributed by atoms with Gasteiger partial charge in [-0.25, -0.2) is 9.97 Å². The molecule has 0 unspecified atom stereocenters. The van der Waals surface area contributed by atoms with Crippen molar-refractivity contribution < 1.29 is 14.4 Å². The van der Waals surface area contributed by atoms with E-state index in [9.17, 15) is 14.4 Å². The van der Waals surface area contributed by atoms with E-state index in [1.165, 1.54) is 0 Å². The minimum atomic E-state index is -0.643. The summed E-state index contributed by atoms with van der Waals surface area (Å²) in [6.07, 6.45) is 2.46. The maximum atomic E-state index is 14.0. The lowest BCUT2D eigenvalue weighted by Gasteiger charge is -2.31. The van der Waals surface area contributed by atoms with Gasteiger partial charge in [-0.2, -0.15) is 0 Å². The van der Waals surface area contributed by atoms with Crippen molar-refractivity contribution in [2.45, 2.75) is 37.8 Å². The number of likely N-dealkylation sites (tertiary alicyclic amines) is 2. The molecule has 0 radical (unpaired) electrons. The molecule has 0 saturated carbocycles. The van der Waals surface area contributed by atoms with Crippen LogP contribution in [0.4, 0.5) is 5.69 Å². The number of amides is 3. The maximum absolute atomic E-state index is 14.0. The van der Waals surface area contributed by atoms with Crippen molar-refractivity contribution in [1.29, 1.82) is 10.8 Å². The number of carbonyl (C=O) groups is 3. The quantitative estimate of drug-likeness (QED) is 0.0880. The summed E-state index contributed by atoms with van der Waals surface area (Å²) in [6.45, 7) is 0.908. The zero-order chi connectivity index (χ0) is 36.8. The van der Waals surface area contributed by atoms with Crippen LogP contribution in [-0.4, -0.2) is 84.3 Å². The number of nitrogens with zero attached hydrogens (tertiary/aromatic N) is 4. The van der Waals surface area contributed by atoms with Gasteiger partial charge in [0.05, 0.1) is 22.1 Å². The lowest BCUT2D eigenvalue weighted by molar-refractivity contribution is -0.139. The molecule has 3 amide bonds. The van der Waals surface area contributed by atoms with Gasteiger partial charge in [0, 0.05) is 46.6 Å². The Morgan fingerprint density at radius 3 is 1.70 bits per heavy atom. The maximum Gasteiger partial charge on any atom is 0.254 e. The van der Waals surface area contributed by atoms with Crippen LogP contribution >= 0.6 is 0 Å². The molecule has 6 aromatic rings. The summed E-state index contributed by atoms with van der Waals surface area (Å²) >= 11 is 0. The van der Waals surface area contributed by atoms with Gasteiger partial charge in [-0.1, -0.05) is 12.1 Å². The zero-order valence-corrected chi connectivity index (χ0v) is 28.6. The van der Waals surface area contributed by atoms with E-state index < -0.39 is 12.1 Å². The first-order chi connectivity index (χ1) is 25.6. The molecular weight excluding hydrogens is 671 g/mol. The number of aromatic amines is 2. The smallest absolute Gasteiger partial charge is 0.254 e. The molecule has 2 aliphatic rings. The molecule has 53 heavy (non-hydrogen) atoms. The molecule has 2 saturated heterocycles. The summed E-state index contributed by atoms with van der Waals surface area (Å²) in [6, 6.07) is 23.8. The van der Waals surface area contributed by atoms with Crippen LogP contribution in [0.1, 0.15) is 47.2 Å². The first kappa shape index (κ1) is 33.3. The highest BCUT2D eigenvalue weighted by Crippen LogP contribution is 2.29. The second kappa shape index (κ2) is 13.4. The number of imidazole rings is 2. The van der Waals surface area contributed by atoms with Crippen LogP contribution in [-0.2, 0) is 9.59 Å². The molecule has 8 rings (SSSR count). The summed E-state index contributed by atoms with van der Waals surface area (Å²) in [4.78, 5) is 60.3. The Hall–Kier alpha value is -6.83. The Balaban J connectivity index is 0.919. The van der Waals surface area contributed by atoms with Crippen LogP contribution in [0.2, 0.25) is 0 Å². The number of aromatic nitrogens is 4. The summed E-state index contributed by atoms with van der Waals surface area (Å²) in [5.41, 5.74) is 18.1. The van der Waals surface area contributed by atoms with Crippen molar-refractivity contribution in [3.63, 3.8) is 0 Å². The van der Waals surface area contributed by atoms with Crippen molar-refractivity contribution in [2.24, 2.45) is 11.5 Å². The largest absolute Gasteiger partial charge is 0.384 e. The van der Waals surface area contributed by atoms with E-state index in [0.29, 0.717) is 72.8 Å². The van der Waals surface area contributed by atoms with Crippen LogP contribution in [0, 0.1) is 10.8 Å². The van der Waals surface area contributed by atoms with Gasteiger partial charge in [0.2, 0.25) is 11.8 Å². The molecule has 4 heterocycles. The number of carbonyl (C=O) groups excluding carboxylic acids is 3. The highest BCUT2D eigenvalue weighted by molar-refractivity contribution is 6.02. The van der Waals surface area contributed by atoms with Gasteiger partial charge < -0.3 is 36.6 Å². The number of H-pyrrole nitrogens is 2. The van der Waals surface area contributed by atoms with Crippen LogP contribution in [0.5, 0.6) is 0 Å². The zero-order valence-electron chi connectivity index (χ0n) is 28.6. The summed E-state index contributed by atoms with van der Waals surface area (Å²) in [5.74, 6) is 0.530. The van der Waals surface area contributed by atoms with E-state index in [1.807, 2.05) is 30.3 Å². The first-order valence-electron chi connectivity index (χ1n) is 17.4. The molecule has 0 bridgehead atoms. The van der Waals surface area contributed by atoms with E-state index in [-0.39, 0.29) is 29.4 Å². The highest BCUT2D eigenvalue weighted by Gasteiger charge is 2.42. The number of amidine groups is 2. The number of nitrogens with one attached hydrogen (secondary N) is 5. The van der Waals surface area contributed by atoms with Crippen LogP contribution in [0.3, 0.4) is 0 Å². The second-order valence-electron chi connectivity index (χ2n) is 13.5. The predicted octanol–water partition coefficient (Wildman–Crippen LogP) is 4.58. The van der Waals surface area contributed by atoms with Crippen molar-refractivity contribution in [2.75, 3.05) is 18.4 Å². The number of hydrogen-bond donors (Lipinski definition) is 7. The van der Waals surface area contributed by atoms with Gasteiger partial charge in [-0.15, -0.1) is 0 Å². The van der Waals surface area contributed by atoms with Gasteiger partial charge in [0.1, 0.15) is 35.4 Å². The fraction of sp³-hybridized carbons (Fsp3) is 0.205. The fourth-order valence-electron chi connectivity index (χ4n) is 7.26. The average molecular weight is 708 g/mol. The standard InChI is InChI=1S/C39H37N11O3/c40-33(41)24-11-15-27-29(19-24)47-35(45-27)21-5-7-23(8-6-21)38(52)50-18-2-4-32(50)39(53)49-17-1-3-31(49)37(51)44-26-13-9-22(10-14-26)36-46-28-16-12-25(34(42)43)20-30(28)48-36/h5-16,19-20,31-32H,1-4,17-18H2,(H3,40,41)(H3,42,43)(H,44,51)(H,45,47)(H,46,48)/t31-,32-/m1/s1. The van der Waals surface area contributed by atoms with Crippen molar-refractivity contribution in [3.05, 3.63) is 102 Å². The van der Waals surface area contributed by atoms with Gasteiger partial charge in [-0.05, 0) is 98.5 Å². The van der Waals surface area contributed by atoms with Gasteiger partial charge in [0.15, 0.2) is 0 Å². The molecule has 0 aliphatic carbocycles. The van der Waals surface area contributed by atoms with Crippen LogP contribution in [0.25, 0.3) is 44.8 Å². The average Bonchev–Trinajstić information content (AvgIpc) is 3.99. The monoisotopic (exact) mass is 707 g/mol. The van der Waals surface area contributed by atoms with E-state index in [1.54, 1.807) is 64.4 Å². The van der Waals surface area contributed by atoms with E-state index >= 15 is 0 Å². The molecule has 4 aromatic carbocycles. The molecular formula is C39H37N11O3. The molecule has 14 nitrogen and oxygen atoms in total. The molecule has 14 heteroatoms. The topological polar surface area (TPSA) is 227 Å². The van der Waals surface area contributed by atoms with E-state index in [2.05, 4.69) is 25.3 Å².